The third kappa shape index (κ3) is 3.02. The van der Waals surface area contributed by atoms with E-state index in [1.54, 1.807) is 0 Å². The lowest BCUT2D eigenvalue weighted by atomic mass is 10.1. The van der Waals surface area contributed by atoms with Crippen LogP contribution >= 0.6 is 0 Å². The van der Waals surface area contributed by atoms with Gasteiger partial charge in [0.15, 0.2) is 5.82 Å². The number of aryl methyl sites for hydroxylation is 1. The van der Waals surface area contributed by atoms with Crippen molar-refractivity contribution in [2.45, 2.75) is 6.92 Å². The Kier molecular flexibility index (Phi) is 4.22. The fraction of sp³-hybridized carbons (Fsp3) is 0.294. The molecule has 5 heteroatoms. The van der Waals surface area contributed by atoms with E-state index in [-0.39, 0.29) is 0 Å². The maximum atomic E-state index is 9.41. The molecule has 0 aliphatic carbocycles. The van der Waals surface area contributed by atoms with Gasteiger partial charge in [-0.05, 0) is 30.7 Å². The quantitative estimate of drug-likeness (QED) is 0.943. The molecule has 2 aromatic rings. The number of rotatable bonds is 3. The number of benzene rings is 1. The van der Waals surface area contributed by atoms with E-state index in [1.165, 1.54) is 0 Å². The Morgan fingerprint density at radius 2 is 1.95 bits per heavy atom. The van der Waals surface area contributed by atoms with Crippen LogP contribution in [0.4, 0.5) is 17.3 Å². The van der Waals surface area contributed by atoms with Gasteiger partial charge in [-0.25, -0.2) is 4.98 Å². The monoisotopic (exact) mass is 294 g/mol. The molecule has 1 N–H and O–H groups in total. The summed E-state index contributed by atoms with van der Waals surface area (Å²) < 4.78 is 5.38. The van der Waals surface area contributed by atoms with Gasteiger partial charge in [-0.1, -0.05) is 18.2 Å². The molecule has 0 saturated carbocycles. The molecule has 0 spiro atoms. The van der Waals surface area contributed by atoms with E-state index in [9.17, 15) is 5.26 Å². The third-order valence-electron chi connectivity index (χ3n) is 3.69. The number of para-hydroxylation sites is 1. The first kappa shape index (κ1) is 14.4. The molecule has 22 heavy (non-hydrogen) atoms. The molecule has 5 nitrogen and oxygen atoms in total. The summed E-state index contributed by atoms with van der Waals surface area (Å²) in [6, 6.07) is 14.0. The first-order chi connectivity index (χ1) is 10.8. The van der Waals surface area contributed by atoms with Crippen LogP contribution in [-0.4, -0.2) is 31.3 Å². The first-order valence-electron chi connectivity index (χ1n) is 7.34. The van der Waals surface area contributed by atoms with Crippen molar-refractivity contribution in [3.8, 4) is 6.07 Å². The Hall–Kier alpha value is -2.58. The highest BCUT2D eigenvalue weighted by atomic mass is 16.5. The zero-order valence-electron chi connectivity index (χ0n) is 12.5. The van der Waals surface area contributed by atoms with Gasteiger partial charge in [0.1, 0.15) is 11.9 Å². The zero-order chi connectivity index (χ0) is 15.4. The molecule has 1 aliphatic heterocycles. The molecule has 1 aliphatic rings. The van der Waals surface area contributed by atoms with Crippen LogP contribution in [0.1, 0.15) is 11.1 Å². The number of ether oxygens (including phenoxy) is 1. The maximum Gasteiger partial charge on any atom is 0.151 e. The van der Waals surface area contributed by atoms with Gasteiger partial charge in [0, 0.05) is 18.8 Å². The summed E-state index contributed by atoms with van der Waals surface area (Å²) in [6.45, 7) is 5.01. The lowest BCUT2D eigenvalue weighted by molar-refractivity contribution is 0.122. The van der Waals surface area contributed by atoms with Gasteiger partial charge in [-0.3, -0.25) is 0 Å². The van der Waals surface area contributed by atoms with Crippen LogP contribution in [0.15, 0.2) is 36.4 Å². The van der Waals surface area contributed by atoms with E-state index in [2.05, 4.69) is 21.3 Å². The van der Waals surface area contributed by atoms with Gasteiger partial charge >= 0.3 is 0 Å². The maximum absolute atomic E-state index is 9.41. The second-order valence-electron chi connectivity index (χ2n) is 5.22. The first-order valence-corrected chi connectivity index (χ1v) is 7.34. The molecule has 2 heterocycles. The van der Waals surface area contributed by atoms with Crippen molar-refractivity contribution in [1.82, 2.24) is 4.98 Å². The van der Waals surface area contributed by atoms with Crippen molar-refractivity contribution in [1.29, 1.82) is 5.26 Å². The van der Waals surface area contributed by atoms with Crippen molar-refractivity contribution >= 4 is 17.3 Å². The summed E-state index contributed by atoms with van der Waals surface area (Å²) in [5.74, 6) is 1.49. The number of nitriles is 1. The number of aromatic nitrogens is 1. The summed E-state index contributed by atoms with van der Waals surface area (Å²) in [6.07, 6.45) is 0. The highest BCUT2D eigenvalue weighted by Gasteiger charge is 2.16. The van der Waals surface area contributed by atoms with Gasteiger partial charge in [0.2, 0.25) is 0 Å². The van der Waals surface area contributed by atoms with Gasteiger partial charge in [0.05, 0.1) is 18.8 Å². The standard InChI is InChI=1S/C17H18N4O/c1-13-11-16(21-7-9-22-10-8-21)20-17(15(13)12-18)19-14-5-3-2-4-6-14/h2-6,11H,7-10H2,1H3,(H,19,20). The lowest BCUT2D eigenvalue weighted by Gasteiger charge is -2.28. The summed E-state index contributed by atoms with van der Waals surface area (Å²) >= 11 is 0. The Bertz CT molecular complexity index is 688. The van der Waals surface area contributed by atoms with Crippen LogP contribution in [0.5, 0.6) is 0 Å². The molecule has 1 aromatic heterocycles. The lowest BCUT2D eigenvalue weighted by Crippen LogP contribution is -2.36. The second kappa shape index (κ2) is 6.46. The van der Waals surface area contributed by atoms with Crippen LogP contribution in [-0.2, 0) is 4.74 Å². The third-order valence-corrected chi connectivity index (χ3v) is 3.69. The number of morpholine rings is 1. The average molecular weight is 294 g/mol. The van der Waals surface area contributed by atoms with E-state index < -0.39 is 0 Å². The molecule has 1 fully saturated rings. The van der Waals surface area contributed by atoms with Crippen LogP contribution in [0.2, 0.25) is 0 Å². The van der Waals surface area contributed by atoms with Crippen LogP contribution < -0.4 is 10.2 Å². The molecule has 1 saturated heterocycles. The molecular formula is C17H18N4O. The Morgan fingerprint density at radius 1 is 1.23 bits per heavy atom. The molecule has 0 amide bonds. The minimum atomic E-state index is 0.584. The SMILES string of the molecule is Cc1cc(N2CCOCC2)nc(Nc2ccccc2)c1C#N. The molecular weight excluding hydrogens is 276 g/mol. The highest BCUT2D eigenvalue weighted by molar-refractivity contribution is 5.67. The summed E-state index contributed by atoms with van der Waals surface area (Å²) in [7, 11) is 0. The average Bonchev–Trinajstić information content (AvgIpc) is 2.56. The molecule has 0 bridgehead atoms. The Morgan fingerprint density at radius 3 is 2.64 bits per heavy atom. The second-order valence-corrected chi connectivity index (χ2v) is 5.22. The smallest absolute Gasteiger partial charge is 0.151 e. The zero-order valence-corrected chi connectivity index (χ0v) is 12.5. The minimum absolute atomic E-state index is 0.584. The molecule has 3 rings (SSSR count). The van der Waals surface area contributed by atoms with Gasteiger partial charge in [-0.15, -0.1) is 0 Å². The number of nitrogens with one attached hydrogen (secondary N) is 1. The molecule has 0 atom stereocenters. The molecule has 0 unspecified atom stereocenters. The summed E-state index contributed by atoms with van der Waals surface area (Å²) in [5.41, 5.74) is 2.43. The minimum Gasteiger partial charge on any atom is -0.378 e. The fourth-order valence-corrected chi connectivity index (χ4v) is 2.50. The van der Waals surface area contributed by atoms with E-state index >= 15 is 0 Å². The van der Waals surface area contributed by atoms with E-state index in [1.807, 2.05) is 43.3 Å². The summed E-state index contributed by atoms with van der Waals surface area (Å²) in [4.78, 5) is 6.85. The van der Waals surface area contributed by atoms with Gasteiger partial charge in [-0.2, -0.15) is 5.26 Å². The van der Waals surface area contributed by atoms with Crippen LogP contribution in [0.25, 0.3) is 0 Å². The number of pyridine rings is 1. The topological polar surface area (TPSA) is 61.2 Å². The Labute approximate surface area is 130 Å². The van der Waals surface area contributed by atoms with Crippen molar-refractivity contribution < 1.29 is 4.74 Å². The molecule has 1 aromatic carbocycles. The number of hydrogen-bond donors (Lipinski definition) is 1. The van der Waals surface area contributed by atoms with E-state index in [0.29, 0.717) is 24.6 Å². The highest BCUT2D eigenvalue weighted by Crippen LogP contribution is 2.26. The fourth-order valence-electron chi connectivity index (χ4n) is 2.50. The normalized spacial score (nSPS) is 14.5. The molecule has 0 radical (unpaired) electrons. The van der Waals surface area contributed by atoms with Gasteiger partial charge in [0.25, 0.3) is 0 Å². The predicted molar refractivity (Wildman–Crippen MR) is 86.4 cm³/mol. The van der Waals surface area contributed by atoms with Crippen molar-refractivity contribution in [3.05, 3.63) is 47.5 Å². The van der Waals surface area contributed by atoms with E-state index in [4.69, 9.17) is 4.74 Å². The largest absolute Gasteiger partial charge is 0.378 e. The Balaban J connectivity index is 1.96. The number of anilines is 3. The molecule has 112 valence electrons. The van der Waals surface area contributed by atoms with Gasteiger partial charge < -0.3 is 15.0 Å². The predicted octanol–water partition coefficient (Wildman–Crippen LogP) is 2.84. The van der Waals surface area contributed by atoms with E-state index in [0.717, 1.165) is 30.2 Å². The van der Waals surface area contributed by atoms with Crippen molar-refractivity contribution in [2.75, 3.05) is 36.5 Å². The van der Waals surface area contributed by atoms with Crippen molar-refractivity contribution in [3.63, 3.8) is 0 Å². The number of nitrogens with zero attached hydrogens (tertiary/aromatic N) is 3. The summed E-state index contributed by atoms with van der Waals surface area (Å²) in [5, 5.41) is 12.7. The van der Waals surface area contributed by atoms with Crippen molar-refractivity contribution in [2.24, 2.45) is 0 Å². The number of hydrogen-bond acceptors (Lipinski definition) is 5. The van der Waals surface area contributed by atoms with Crippen LogP contribution in [0.3, 0.4) is 0 Å². The van der Waals surface area contributed by atoms with Crippen LogP contribution in [0, 0.1) is 18.3 Å².